The summed E-state index contributed by atoms with van der Waals surface area (Å²) in [4.78, 5) is 0. The summed E-state index contributed by atoms with van der Waals surface area (Å²) in [6, 6.07) is 11.8. The lowest BCUT2D eigenvalue weighted by atomic mass is 10.1. The SMILES string of the molecule is CCOc1nnc(OCC)c2c1ccc1oc3ccccc3c12. The molecular weight excluding hydrogens is 292 g/mol. The highest BCUT2D eigenvalue weighted by molar-refractivity contribution is 6.20. The lowest BCUT2D eigenvalue weighted by molar-refractivity contribution is 0.310. The van der Waals surface area contributed by atoms with Crippen molar-refractivity contribution < 1.29 is 13.9 Å². The van der Waals surface area contributed by atoms with Gasteiger partial charge in [0.2, 0.25) is 11.8 Å². The van der Waals surface area contributed by atoms with Gasteiger partial charge in [0.15, 0.2) is 0 Å². The molecule has 0 aliphatic rings. The molecule has 0 amide bonds. The Morgan fingerprint density at radius 3 is 2.35 bits per heavy atom. The molecule has 116 valence electrons. The number of hydrogen-bond donors (Lipinski definition) is 0. The fourth-order valence-corrected chi connectivity index (χ4v) is 2.89. The van der Waals surface area contributed by atoms with E-state index in [9.17, 15) is 0 Å². The van der Waals surface area contributed by atoms with Crippen LogP contribution in [0.15, 0.2) is 40.8 Å². The molecule has 0 aliphatic heterocycles. The van der Waals surface area contributed by atoms with Gasteiger partial charge in [0.25, 0.3) is 0 Å². The summed E-state index contributed by atoms with van der Waals surface area (Å²) in [6.07, 6.45) is 0. The van der Waals surface area contributed by atoms with Crippen molar-refractivity contribution in [3.05, 3.63) is 36.4 Å². The quantitative estimate of drug-likeness (QED) is 0.561. The van der Waals surface area contributed by atoms with E-state index in [2.05, 4.69) is 10.2 Å². The van der Waals surface area contributed by atoms with Gasteiger partial charge in [-0.2, -0.15) is 0 Å². The summed E-state index contributed by atoms with van der Waals surface area (Å²) in [7, 11) is 0. The first-order valence-corrected chi connectivity index (χ1v) is 7.69. The molecule has 0 atom stereocenters. The zero-order chi connectivity index (χ0) is 15.8. The van der Waals surface area contributed by atoms with Crippen LogP contribution in [-0.4, -0.2) is 23.4 Å². The van der Waals surface area contributed by atoms with Crippen molar-refractivity contribution in [1.82, 2.24) is 10.2 Å². The van der Waals surface area contributed by atoms with E-state index < -0.39 is 0 Å². The average molecular weight is 308 g/mol. The molecule has 0 spiro atoms. The van der Waals surface area contributed by atoms with Gasteiger partial charge in [-0.25, -0.2) is 0 Å². The van der Waals surface area contributed by atoms with Gasteiger partial charge in [-0.05, 0) is 32.0 Å². The van der Waals surface area contributed by atoms with Crippen LogP contribution < -0.4 is 9.47 Å². The van der Waals surface area contributed by atoms with E-state index in [1.165, 1.54) is 0 Å². The van der Waals surface area contributed by atoms with Gasteiger partial charge in [0, 0.05) is 10.8 Å². The summed E-state index contributed by atoms with van der Waals surface area (Å²) < 4.78 is 17.3. The van der Waals surface area contributed by atoms with Crippen LogP contribution in [0.2, 0.25) is 0 Å². The van der Waals surface area contributed by atoms with Crippen molar-refractivity contribution in [2.75, 3.05) is 13.2 Å². The summed E-state index contributed by atoms with van der Waals surface area (Å²) in [5.74, 6) is 1.02. The monoisotopic (exact) mass is 308 g/mol. The van der Waals surface area contributed by atoms with E-state index in [4.69, 9.17) is 13.9 Å². The second-order valence-electron chi connectivity index (χ2n) is 5.14. The molecule has 0 unspecified atom stereocenters. The van der Waals surface area contributed by atoms with Crippen LogP contribution in [0.4, 0.5) is 0 Å². The molecule has 0 saturated carbocycles. The first-order valence-electron chi connectivity index (χ1n) is 7.69. The van der Waals surface area contributed by atoms with Crippen molar-refractivity contribution in [2.45, 2.75) is 13.8 Å². The van der Waals surface area contributed by atoms with E-state index in [0.29, 0.717) is 25.0 Å². The highest BCUT2D eigenvalue weighted by atomic mass is 16.5. The Morgan fingerprint density at radius 1 is 0.783 bits per heavy atom. The van der Waals surface area contributed by atoms with Crippen molar-refractivity contribution in [1.29, 1.82) is 0 Å². The molecule has 5 nitrogen and oxygen atoms in total. The summed E-state index contributed by atoms with van der Waals surface area (Å²) in [5, 5.41) is 12.1. The maximum Gasteiger partial charge on any atom is 0.242 e. The van der Waals surface area contributed by atoms with E-state index in [1.807, 2.05) is 50.2 Å². The summed E-state index contributed by atoms with van der Waals surface area (Å²) >= 11 is 0. The molecule has 0 N–H and O–H groups in total. The second-order valence-corrected chi connectivity index (χ2v) is 5.14. The third kappa shape index (κ3) is 2.08. The maximum atomic E-state index is 5.95. The molecule has 4 aromatic rings. The molecule has 0 fully saturated rings. The largest absolute Gasteiger partial charge is 0.476 e. The van der Waals surface area contributed by atoms with Gasteiger partial charge in [-0.1, -0.05) is 18.2 Å². The van der Waals surface area contributed by atoms with E-state index in [1.54, 1.807) is 0 Å². The van der Waals surface area contributed by atoms with Crippen LogP contribution in [0.3, 0.4) is 0 Å². The molecule has 5 heteroatoms. The van der Waals surface area contributed by atoms with Gasteiger partial charge in [0.1, 0.15) is 11.2 Å². The number of benzene rings is 2. The van der Waals surface area contributed by atoms with Crippen molar-refractivity contribution in [3.8, 4) is 11.8 Å². The number of furan rings is 1. The summed E-state index contributed by atoms with van der Waals surface area (Å²) in [5.41, 5.74) is 1.64. The number of aromatic nitrogens is 2. The van der Waals surface area contributed by atoms with Crippen LogP contribution in [0.1, 0.15) is 13.8 Å². The van der Waals surface area contributed by atoms with E-state index in [0.717, 1.165) is 32.7 Å². The molecule has 0 radical (unpaired) electrons. The second kappa shape index (κ2) is 5.43. The Balaban J connectivity index is 2.19. The highest BCUT2D eigenvalue weighted by Gasteiger charge is 2.18. The molecule has 2 heterocycles. The van der Waals surface area contributed by atoms with Crippen molar-refractivity contribution in [2.24, 2.45) is 0 Å². The Labute approximate surface area is 132 Å². The number of rotatable bonds is 4. The number of para-hydroxylation sites is 1. The fourth-order valence-electron chi connectivity index (χ4n) is 2.89. The molecule has 0 saturated heterocycles. The van der Waals surface area contributed by atoms with Gasteiger partial charge >= 0.3 is 0 Å². The topological polar surface area (TPSA) is 57.4 Å². The Kier molecular flexibility index (Phi) is 3.26. The zero-order valence-electron chi connectivity index (χ0n) is 13.0. The minimum atomic E-state index is 0.503. The predicted molar refractivity (Wildman–Crippen MR) is 89.2 cm³/mol. The predicted octanol–water partition coefficient (Wildman–Crippen LogP) is 4.33. The molecule has 0 aliphatic carbocycles. The number of fused-ring (bicyclic) bond motifs is 5. The Bertz CT molecular complexity index is 1010. The molecule has 2 aromatic heterocycles. The normalized spacial score (nSPS) is 11.4. The summed E-state index contributed by atoms with van der Waals surface area (Å²) in [6.45, 7) is 4.90. The standard InChI is InChI=1S/C18H16N2O3/c1-3-21-17-12-9-10-14-15(11-7-5-6-8-13(11)23-14)16(12)18(20-19-17)22-4-2/h5-10H,3-4H2,1-2H3. The van der Waals surface area contributed by atoms with Crippen LogP contribution in [0.25, 0.3) is 32.7 Å². The molecule has 23 heavy (non-hydrogen) atoms. The van der Waals surface area contributed by atoms with Gasteiger partial charge < -0.3 is 13.9 Å². The molecular formula is C18H16N2O3. The zero-order valence-corrected chi connectivity index (χ0v) is 13.0. The van der Waals surface area contributed by atoms with E-state index >= 15 is 0 Å². The lowest BCUT2D eigenvalue weighted by Gasteiger charge is -2.10. The van der Waals surface area contributed by atoms with Crippen LogP contribution >= 0.6 is 0 Å². The average Bonchev–Trinajstić information content (AvgIpc) is 2.96. The lowest BCUT2D eigenvalue weighted by Crippen LogP contribution is -2.01. The highest BCUT2D eigenvalue weighted by Crippen LogP contribution is 2.40. The maximum absolute atomic E-state index is 5.95. The molecule has 2 aromatic carbocycles. The third-order valence-electron chi connectivity index (χ3n) is 3.78. The number of hydrogen-bond acceptors (Lipinski definition) is 5. The van der Waals surface area contributed by atoms with Gasteiger partial charge in [0.05, 0.1) is 24.0 Å². The van der Waals surface area contributed by atoms with Crippen LogP contribution in [0.5, 0.6) is 11.8 Å². The smallest absolute Gasteiger partial charge is 0.242 e. The van der Waals surface area contributed by atoms with Crippen LogP contribution in [0, 0.1) is 0 Å². The number of ether oxygens (including phenoxy) is 2. The Morgan fingerprint density at radius 2 is 1.52 bits per heavy atom. The third-order valence-corrected chi connectivity index (χ3v) is 3.78. The number of nitrogens with zero attached hydrogens (tertiary/aromatic N) is 2. The molecule has 0 bridgehead atoms. The van der Waals surface area contributed by atoms with Crippen molar-refractivity contribution in [3.63, 3.8) is 0 Å². The minimum absolute atomic E-state index is 0.503. The minimum Gasteiger partial charge on any atom is -0.476 e. The first kappa shape index (κ1) is 13.8. The van der Waals surface area contributed by atoms with Gasteiger partial charge in [-0.3, -0.25) is 0 Å². The Hall–Kier alpha value is -2.82. The van der Waals surface area contributed by atoms with Gasteiger partial charge in [-0.15, -0.1) is 10.2 Å². The van der Waals surface area contributed by atoms with E-state index in [-0.39, 0.29) is 0 Å². The molecule has 4 rings (SSSR count). The first-order chi connectivity index (χ1) is 11.3. The van der Waals surface area contributed by atoms with Crippen molar-refractivity contribution >= 4 is 32.7 Å². The fraction of sp³-hybridized carbons (Fsp3) is 0.222. The van der Waals surface area contributed by atoms with Crippen LogP contribution in [-0.2, 0) is 0 Å².